The number of nitrogens with two attached hydrogens (primary N) is 3. The van der Waals surface area contributed by atoms with E-state index in [4.69, 9.17) is 17.2 Å². The molecule has 0 fully saturated rings. The molecule has 0 aromatic heterocycles. The first-order valence-corrected chi connectivity index (χ1v) is 10.1. The number of primary amides is 1. The quantitative estimate of drug-likeness (QED) is 0.0963. The molecule has 0 aliphatic heterocycles. The molecule has 0 saturated carbocycles. The van der Waals surface area contributed by atoms with E-state index >= 15 is 0 Å². The highest BCUT2D eigenvalue weighted by atomic mass is 32.1. The van der Waals surface area contributed by atoms with Gasteiger partial charge in [0.25, 0.3) is 0 Å². The number of carboxylic acids is 1. The zero-order valence-corrected chi connectivity index (χ0v) is 17.8. The summed E-state index contributed by atoms with van der Waals surface area (Å²) in [6, 6.07) is -4.28. The molecule has 0 heterocycles. The lowest BCUT2D eigenvalue weighted by Gasteiger charge is -2.23. The number of unbranched alkanes of at least 4 members (excludes halogenated alkanes) is 1. The lowest BCUT2D eigenvalue weighted by Crippen LogP contribution is -2.56. The highest BCUT2D eigenvalue weighted by molar-refractivity contribution is 7.80. The molecule has 172 valence electrons. The third-order valence-corrected chi connectivity index (χ3v) is 4.55. The van der Waals surface area contributed by atoms with E-state index in [1.807, 2.05) is 0 Å². The lowest BCUT2D eigenvalue weighted by atomic mass is 10.1. The number of nitrogens with one attached hydrogen (secondary N) is 3. The summed E-state index contributed by atoms with van der Waals surface area (Å²) in [5, 5.41) is 16.4. The second-order valence-corrected chi connectivity index (χ2v) is 7.13. The van der Waals surface area contributed by atoms with E-state index in [2.05, 4.69) is 28.6 Å². The minimum atomic E-state index is -1.34. The second kappa shape index (κ2) is 14.6. The van der Waals surface area contributed by atoms with Crippen LogP contribution in [-0.2, 0) is 24.0 Å². The summed E-state index contributed by atoms with van der Waals surface area (Å²) in [6.07, 6.45) is 0.879. The van der Waals surface area contributed by atoms with Crippen LogP contribution in [0.5, 0.6) is 0 Å². The Morgan fingerprint density at radius 2 is 1.53 bits per heavy atom. The monoisotopic (exact) mass is 448 g/mol. The maximum Gasteiger partial charge on any atom is 0.326 e. The Morgan fingerprint density at radius 3 is 2.03 bits per heavy atom. The normalized spacial score (nSPS) is 14.7. The summed E-state index contributed by atoms with van der Waals surface area (Å²) in [4.78, 5) is 59.0. The van der Waals surface area contributed by atoms with E-state index in [1.165, 1.54) is 6.92 Å². The fraction of sp³-hybridized carbons (Fsp3) is 0.706. The van der Waals surface area contributed by atoms with Gasteiger partial charge in [-0.2, -0.15) is 12.6 Å². The van der Waals surface area contributed by atoms with Gasteiger partial charge in [-0.15, -0.1) is 0 Å². The maximum atomic E-state index is 12.6. The summed E-state index contributed by atoms with van der Waals surface area (Å²) >= 11 is 3.91. The second-order valence-electron chi connectivity index (χ2n) is 6.77. The van der Waals surface area contributed by atoms with Crippen LogP contribution in [0.2, 0.25) is 0 Å². The lowest BCUT2D eigenvalue weighted by molar-refractivity contribution is -0.142. The molecule has 0 radical (unpaired) electrons. The van der Waals surface area contributed by atoms with Crippen LogP contribution in [0.3, 0.4) is 0 Å². The number of carboxylic acid groups (broad SMARTS) is 1. The SMILES string of the molecule is CC(NC(=O)C(N)CS)C(=O)NC(CCCCN)C(=O)NC(CCC(N)=O)C(=O)O. The van der Waals surface area contributed by atoms with Crippen LogP contribution in [-0.4, -0.2) is 71.2 Å². The number of carbonyl (C=O) groups excluding carboxylic acids is 4. The van der Waals surface area contributed by atoms with Crippen LogP contribution >= 0.6 is 12.6 Å². The van der Waals surface area contributed by atoms with E-state index in [0.29, 0.717) is 19.4 Å². The fourth-order valence-electron chi connectivity index (χ4n) is 2.34. The molecule has 12 nitrogen and oxygen atoms in total. The molecule has 30 heavy (non-hydrogen) atoms. The van der Waals surface area contributed by atoms with Crippen molar-refractivity contribution < 1.29 is 29.1 Å². The molecule has 0 aliphatic rings. The highest BCUT2D eigenvalue weighted by Gasteiger charge is 2.28. The van der Waals surface area contributed by atoms with Crippen LogP contribution in [0.1, 0.15) is 39.0 Å². The number of thiol groups is 1. The first-order valence-electron chi connectivity index (χ1n) is 9.52. The van der Waals surface area contributed by atoms with Crippen LogP contribution in [0, 0.1) is 0 Å². The molecule has 0 rings (SSSR count). The molecule has 0 aromatic carbocycles. The summed E-state index contributed by atoms with van der Waals surface area (Å²) in [7, 11) is 0. The minimum Gasteiger partial charge on any atom is -0.480 e. The highest BCUT2D eigenvalue weighted by Crippen LogP contribution is 2.05. The number of rotatable bonds is 15. The zero-order valence-electron chi connectivity index (χ0n) is 16.9. The largest absolute Gasteiger partial charge is 0.480 e. The van der Waals surface area contributed by atoms with Gasteiger partial charge in [0.15, 0.2) is 0 Å². The summed E-state index contributed by atoms with van der Waals surface area (Å²) in [5.74, 6) is -3.90. The molecule has 4 amide bonds. The van der Waals surface area contributed by atoms with Gasteiger partial charge in [0.1, 0.15) is 18.1 Å². The van der Waals surface area contributed by atoms with Crippen molar-refractivity contribution in [1.82, 2.24) is 16.0 Å². The first-order chi connectivity index (χ1) is 14.0. The van der Waals surface area contributed by atoms with Gasteiger partial charge in [-0.25, -0.2) is 4.79 Å². The van der Waals surface area contributed by atoms with Crippen molar-refractivity contribution in [3.8, 4) is 0 Å². The topological polar surface area (TPSA) is 220 Å². The molecular formula is C17H32N6O6S. The van der Waals surface area contributed by atoms with Gasteiger partial charge in [0, 0.05) is 12.2 Å². The van der Waals surface area contributed by atoms with Gasteiger partial charge >= 0.3 is 5.97 Å². The molecule has 0 spiro atoms. The van der Waals surface area contributed by atoms with E-state index < -0.39 is 53.8 Å². The molecule has 13 heteroatoms. The molecule has 0 saturated heterocycles. The van der Waals surface area contributed by atoms with Crippen LogP contribution in [0.15, 0.2) is 0 Å². The van der Waals surface area contributed by atoms with Crippen LogP contribution in [0.4, 0.5) is 0 Å². The zero-order chi connectivity index (χ0) is 23.3. The standard InChI is InChI=1S/C17H32N6O6S/c1-9(21-15(26)10(19)8-30)14(25)22-11(4-2-3-7-18)16(27)23-12(17(28)29)5-6-13(20)24/h9-12,30H,2-8,18-19H2,1H3,(H2,20,24)(H,21,26)(H,22,25)(H,23,27)(H,28,29). The predicted molar refractivity (Wildman–Crippen MR) is 112 cm³/mol. The Bertz CT molecular complexity index is 620. The number of hydrogen-bond acceptors (Lipinski definition) is 8. The summed E-state index contributed by atoms with van der Waals surface area (Å²) in [6.45, 7) is 1.80. The Balaban J connectivity index is 5.11. The minimum absolute atomic E-state index is 0.0895. The molecule has 0 bridgehead atoms. The van der Waals surface area contributed by atoms with Crippen molar-refractivity contribution in [3.63, 3.8) is 0 Å². The van der Waals surface area contributed by atoms with Gasteiger partial charge in [-0.1, -0.05) is 0 Å². The third kappa shape index (κ3) is 11.0. The van der Waals surface area contributed by atoms with Crippen molar-refractivity contribution in [2.75, 3.05) is 12.3 Å². The van der Waals surface area contributed by atoms with Crippen LogP contribution in [0.25, 0.3) is 0 Å². The average molecular weight is 449 g/mol. The van der Waals surface area contributed by atoms with E-state index in [-0.39, 0.29) is 25.0 Å². The molecule has 10 N–H and O–H groups in total. The first kappa shape index (κ1) is 27.6. The molecular weight excluding hydrogens is 416 g/mol. The third-order valence-electron chi connectivity index (χ3n) is 4.16. The Hall–Kier alpha value is -2.38. The smallest absolute Gasteiger partial charge is 0.326 e. The number of aliphatic carboxylic acids is 1. The number of hydrogen-bond donors (Lipinski definition) is 8. The van der Waals surface area contributed by atoms with Gasteiger partial charge in [-0.05, 0) is 39.2 Å². The predicted octanol–water partition coefficient (Wildman–Crippen LogP) is -2.80. The Kier molecular flexibility index (Phi) is 13.4. The van der Waals surface area contributed by atoms with Gasteiger partial charge in [0.2, 0.25) is 23.6 Å². The maximum absolute atomic E-state index is 12.6. The van der Waals surface area contributed by atoms with Crippen molar-refractivity contribution in [3.05, 3.63) is 0 Å². The molecule has 0 aliphatic carbocycles. The van der Waals surface area contributed by atoms with E-state index in [0.717, 1.165) is 0 Å². The number of carbonyl (C=O) groups is 5. The average Bonchev–Trinajstić information content (AvgIpc) is 2.68. The van der Waals surface area contributed by atoms with Gasteiger partial charge in [0.05, 0.1) is 6.04 Å². The van der Waals surface area contributed by atoms with E-state index in [9.17, 15) is 29.1 Å². The Labute approximate surface area is 180 Å². The number of amides is 4. The summed E-state index contributed by atoms with van der Waals surface area (Å²) < 4.78 is 0. The van der Waals surface area contributed by atoms with Crippen molar-refractivity contribution in [2.45, 2.75) is 63.2 Å². The molecule has 0 aromatic rings. The fourth-order valence-corrected chi connectivity index (χ4v) is 2.51. The van der Waals surface area contributed by atoms with Gasteiger partial charge < -0.3 is 38.3 Å². The van der Waals surface area contributed by atoms with Crippen molar-refractivity contribution in [2.24, 2.45) is 17.2 Å². The van der Waals surface area contributed by atoms with E-state index in [1.54, 1.807) is 0 Å². The summed E-state index contributed by atoms with van der Waals surface area (Å²) in [5.41, 5.74) is 16.0. The van der Waals surface area contributed by atoms with Crippen molar-refractivity contribution >= 4 is 42.2 Å². The molecule has 4 unspecified atom stereocenters. The Morgan fingerprint density at radius 1 is 0.933 bits per heavy atom. The van der Waals surface area contributed by atoms with Crippen LogP contribution < -0.4 is 33.2 Å². The van der Waals surface area contributed by atoms with Gasteiger partial charge in [-0.3, -0.25) is 19.2 Å². The van der Waals surface area contributed by atoms with Crippen molar-refractivity contribution in [1.29, 1.82) is 0 Å². The molecule has 4 atom stereocenters.